The zero-order valence-electron chi connectivity index (χ0n) is 22.3. The zero-order chi connectivity index (χ0) is 29.5. The molecule has 3 unspecified atom stereocenters. The first kappa shape index (κ1) is 32.0. The molecule has 2 aromatic rings. The fourth-order valence-electron chi connectivity index (χ4n) is 3.27. The molecule has 0 saturated heterocycles. The van der Waals surface area contributed by atoms with Crippen LogP contribution in [0.25, 0.3) is 0 Å². The number of nitrogen functional groups attached to an aromatic ring is 2. The Kier molecular flexibility index (Phi) is 13.4. The van der Waals surface area contributed by atoms with E-state index < -0.39 is 55.5 Å². The maximum Gasteiger partial charge on any atom is 0.334 e. The third kappa shape index (κ3) is 12.6. The van der Waals surface area contributed by atoms with Gasteiger partial charge in [-0.15, -0.1) is 0 Å². The molecule has 0 radical (unpaired) electrons. The van der Waals surface area contributed by atoms with E-state index in [1.54, 1.807) is 48.5 Å². The van der Waals surface area contributed by atoms with Crippen molar-refractivity contribution >= 4 is 35.3 Å². The monoisotopic (exact) mass is 560 g/mol. The number of rotatable bonds is 16. The summed E-state index contributed by atoms with van der Waals surface area (Å²) in [7, 11) is 0. The quantitative estimate of drug-likeness (QED) is 0.0710. The number of benzene rings is 2. The predicted octanol–water partition coefficient (Wildman–Crippen LogP) is 0.216. The first-order chi connectivity index (χ1) is 19.0. The summed E-state index contributed by atoms with van der Waals surface area (Å²) in [4.78, 5) is 47.7. The minimum Gasteiger partial charge on any atom is -0.462 e. The first-order valence-electron chi connectivity index (χ1n) is 12.5. The van der Waals surface area contributed by atoms with Crippen molar-refractivity contribution in [1.82, 2.24) is 0 Å². The number of hydrogen-bond donors (Lipinski definition) is 4. The van der Waals surface area contributed by atoms with Crippen molar-refractivity contribution in [2.45, 2.75) is 44.4 Å². The Labute approximate surface area is 232 Å². The lowest BCUT2D eigenvalue weighted by molar-refractivity contribution is -0.172. The van der Waals surface area contributed by atoms with Crippen LogP contribution in [-0.2, 0) is 55.7 Å². The van der Waals surface area contributed by atoms with Crippen LogP contribution in [0, 0.1) is 0 Å². The van der Waals surface area contributed by atoms with E-state index in [0.29, 0.717) is 11.4 Å². The second kappa shape index (κ2) is 16.7. The van der Waals surface area contributed by atoms with Gasteiger partial charge in [-0.05, 0) is 55.2 Å². The van der Waals surface area contributed by atoms with Crippen LogP contribution < -0.4 is 22.9 Å². The summed E-state index contributed by atoms with van der Waals surface area (Å²) in [5.74, 6) is -2.83. The summed E-state index contributed by atoms with van der Waals surface area (Å²) in [5.41, 5.74) is 25.8. The van der Waals surface area contributed by atoms with Crippen LogP contribution >= 0.6 is 0 Å². The molecule has 8 N–H and O–H groups in total. The number of carbonyl (C=O) groups is 4. The molecule has 0 amide bonds. The third-order valence-corrected chi connectivity index (χ3v) is 5.38. The molecule has 0 spiro atoms. The average Bonchev–Trinajstić information content (AvgIpc) is 2.90. The Morgan fingerprint density at radius 3 is 1.75 bits per heavy atom. The molecule has 13 heteroatoms. The molecule has 0 bridgehead atoms. The molecule has 0 aliphatic rings. The highest BCUT2D eigenvalue weighted by Gasteiger charge is 2.21. The Morgan fingerprint density at radius 1 is 0.700 bits per heavy atom. The molecule has 40 heavy (non-hydrogen) atoms. The smallest absolute Gasteiger partial charge is 0.334 e. The van der Waals surface area contributed by atoms with E-state index in [-0.39, 0.29) is 32.5 Å². The second-order valence-corrected chi connectivity index (χ2v) is 8.93. The van der Waals surface area contributed by atoms with Gasteiger partial charge in [0, 0.05) is 11.4 Å². The van der Waals surface area contributed by atoms with Crippen LogP contribution in [0.2, 0.25) is 0 Å². The van der Waals surface area contributed by atoms with Crippen molar-refractivity contribution in [3.05, 3.63) is 59.7 Å². The molecule has 0 aliphatic carbocycles. The van der Waals surface area contributed by atoms with Gasteiger partial charge in [-0.25, -0.2) is 4.79 Å². The van der Waals surface area contributed by atoms with E-state index in [4.69, 9.17) is 46.6 Å². The highest BCUT2D eigenvalue weighted by molar-refractivity contribution is 5.77. The lowest BCUT2D eigenvalue weighted by atomic mass is 10.1. The van der Waals surface area contributed by atoms with Crippen molar-refractivity contribution in [2.75, 3.05) is 38.1 Å². The maximum atomic E-state index is 12.2. The fraction of sp³-hybridized carbons (Fsp3) is 0.407. The molecule has 0 fully saturated rings. The van der Waals surface area contributed by atoms with Crippen molar-refractivity contribution < 1.29 is 42.9 Å². The third-order valence-electron chi connectivity index (χ3n) is 5.38. The largest absolute Gasteiger partial charge is 0.462 e. The highest BCUT2D eigenvalue weighted by Crippen LogP contribution is 2.10. The van der Waals surface area contributed by atoms with Crippen LogP contribution in [0.3, 0.4) is 0 Å². The second-order valence-electron chi connectivity index (χ2n) is 8.93. The number of ether oxygens (including phenoxy) is 5. The molecule has 0 saturated carbocycles. The molecule has 0 aromatic heterocycles. The minimum absolute atomic E-state index is 0.0709. The van der Waals surface area contributed by atoms with Gasteiger partial charge in [0.15, 0.2) is 0 Å². The SMILES string of the molecule is CC(CC(=O)OCOC(=O)COCCOC(=O)C(N)Cc1ccc(N)cc1)OC(=O)C(N)Cc1ccc(N)cc1. The maximum absolute atomic E-state index is 12.2. The van der Waals surface area contributed by atoms with Crippen molar-refractivity contribution in [1.29, 1.82) is 0 Å². The fourth-order valence-corrected chi connectivity index (χ4v) is 3.27. The van der Waals surface area contributed by atoms with Crippen molar-refractivity contribution in [3.63, 3.8) is 0 Å². The lowest BCUT2D eigenvalue weighted by Gasteiger charge is -2.16. The summed E-state index contributed by atoms with van der Waals surface area (Å²) in [6.07, 6.45) is -0.543. The molecule has 2 aromatic carbocycles. The van der Waals surface area contributed by atoms with E-state index >= 15 is 0 Å². The normalized spacial score (nSPS) is 13.0. The Bertz CT molecular complexity index is 1110. The summed E-state index contributed by atoms with van der Waals surface area (Å²) in [6, 6.07) is 12.1. The average molecular weight is 561 g/mol. The Morgan fingerprint density at radius 2 is 1.20 bits per heavy atom. The highest BCUT2D eigenvalue weighted by atomic mass is 16.7. The van der Waals surface area contributed by atoms with Gasteiger partial charge in [-0.1, -0.05) is 24.3 Å². The number of hydrogen-bond acceptors (Lipinski definition) is 13. The molecule has 0 aliphatic heterocycles. The molecule has 0 heterocycles. The van der Waals surface area contributed by atoms with Gasteiger partial charge in [0.2, 0.25) is 6.79 Å². The topological polar surface area (TPSA) is 219 Å². The Balaban J connectivity index is 1.52. The molecule has 2 rings (SSSR count). The van der Waals surface area contributed by atoms with Gasteiger partial charge < -0.3 is 46.6 Å². The van der Waals surface area contributed by atoms with E-state index in [0.717, 1.165) is 11.1 Å². The van der Waals surface area contributed by atoms with Gasteiger partial charge in [0.1, 0.15) is 31.4 Å². The number of anilines is 2. The first-order valence-corrected chi connectivity index (χ1v) is 12.5. The summed E-state index contributed by atoms with van der Waals surface area (Å²) < 4.78 is 24.8. The van der Waals surface area contributed by atoms with Gasteiger partial charge in [0.05, 0.1) is 13.0 Å². The molecular formula is C27H36N4O9. The van der Waals surface area contributed by atoms with Crippen molar-refractivity contribution in [2.24, 2.45) is 11.5 Å². The van der Waals surface area contributed by atoms with Crippen LogP contribution in [0.5, 0.6) is 0 Å². The van der Waals surface area contributed by atoms with E-state index in [1.165, 1.54) is 6.92 Å². The van der Waals surface area contributed by atoms with E-state index in [9.17, 15) is 19.2 Å². The molecule has 3 atom stereocenters. The number of carbonyl (C=O) groups excluding carboxylic acids is 4. The van der Waals surface area contributed by atoms with Gasteiger partial charge in [0.25, 0.3) is 0 Å². The Hall–Kier alpha value is -4.20. The van der Waals surface area contributed by atoms with E-state index in [1.807, 2.05) is 0 Å². The minimum atomic E-state index is -0.919. The van der Waals surface area contributed by atoms with Crippen LogP contribution in [0.1, 0.15) is 24.5 Å². The molecule has 218 valence electrons. The summed E-state index contributed by atoms with van der Waals surface area (Å²) in [5, 5.41) is 0. The predicted molar refractivity (Wildman–Crippen MR) is 144 cm³/mol. The number of esters is 4. The lowest BCUT2D eigenvalue weighted by Crippen LogP contribution is -2.36. The van der Waals surface area contributed by atoms with Gasteiger partial charge in [-0.3, -0.25) is 14.4 Å². The van der Waals surface area contributed by atoms with E-state index in [2.05, 4.69) is 0 Å². The van der Waals surface area contributed by atoms with Crippen LogP contribution in [0.4, 0.5) is 11.4 Å². The molecule has 13 nitrogen and oxygen atoms in total. The van der Waals surface area contributed by atoms with Gasteiger partial charge in [-0.2, -0.15) is 0 Å². The zero-order valence-corrected chi connectivity index (χ0v) is 22.3. The van der Waals surface area contributed by atoms with Gasteiger partial charge >= 0.3 is 23.9 Å². The van der Waals surface area contributed by atoms with Crippen molar-refractivity contribution in [3.8, 4) is 0 Å². The number of nitrogens with two attached hydrogens (primary N) is 4. The summed E-state index contributed by atoms with van der Waals surface area (Å²) in [6.45, 7) is 0.224. The van der Waals surface area contributed by atoms with Crippen LogP contribution in [0.15, 0.2) is 48.5 Å². The standard InChI is InChI=1S/C27H36N4O9/c1-17(40-27(35)23(31)14-19-4-8-21(29)9-5-19)12-24(32)38-16-39-25(33)15-36-10-11-37-26(34)22(30)13-18-2-6-20(28)7-3-18/h2-9,17,22-23H,10-16,28-31H2,1H3. The summed E-state index contributed by atoms with van der Waals surface area (Å²) >= 11 is 0. The molecular weight excluding hydrogens is 524 g/mol. The van der Waals surface area contributed by atoms with Crippen LogP contribution in [-0.4, -0.2) is 68.7 Å².